The zero-order valence-corrected chi connectivity index (χ0v) is 15.8. The third-order valence-electron chi connectivity index (χ3n) is 4.00. The second-order valence-corrected chi connectivity index (χ2v) is 7.30. The van der Waals surface area contributed by atoms with Crippen LogP contribution in [-0.4, -0.2) is 23.3 Å². The SMILES string of the molecule is CC(=O)O/N=C/C1C(C)=NN(c2ccccc2)C1Sc1ccc(C)cc1. The standard InChI is InChI=1S/C20H21N3O2S/c1-14-9-11-18(12-10-14)26-20-19(13-21-25-16(3)24)15(2)22-23(20)17-7-5-4-6-8-17/h4-13,19-20H,1-3H3/b21-13+. The van der Waals surface area contributed by atoms with Crippen molar-refractivity contribution in [1.82, 2.24) is 0 Å². The number of rotatable bonds is 5. The molecule has 0 radical (unpaired) electrons. The average molecular weight is 367 g/mol. The van der Waals surface area contributed by atoms with Gasteiger partial charge in [-0.05, 0) is 38.1 Å². The molecule has 5 nitrogen and oxygen atoms in total. The Labute approximate surface area is 157 Å². The van der Waals surface area contributed by atoms with Crippen molar-refractivity contribution >= 4 is 35.3 Å². The summed E-state index contributed by atoms with van der Waals surface area (Å²) in [6, 6.07) is 18.4. The Morgan fingerprint density at radius 1 is 1.15 bits per heavy atom. The number of carbonyl (C=O) groups is 1. The lowest BCUT2D eigenvalue weighted by atomic mass is 10.1. The normalized spacial score (nSPS) is 19.7. The van der Waals surface area contributed by atoms with Crippen molar-refractivity contribution in [2.45, 2.75) is 31.0 Å². The van der Waals surface area contributed by atoms with Crippen LogP contribution in [-0.2, 0) is 9.63 Å². The minimum atomic E-state index is -0.434. The minimum absolute atomic E-state index is 0.0144. The molecule has 0 saturated heterocycles. The van der Waals surface area contributed by atoms with E-state index in [9.17, 15) is 4.79 Å². The Balaban J connectivity index is 1.89. The van der Waals surface area contributed by atoms with Crippen molar-refractivity contribution in [3.05, 3.63) is 60.2 Å². The van der Waals surface area contributed by atoms with Gasteiger partial charge in [0, 0.05) is 17.5 Å². The second kappa shape index (κ2) is 8.19. The summed E-state index contributed by atoms with van der Waals surface area (Å²) in [6.07, 6.45) is 1.66. The maximum Gasteiger partial charge on any atom is 0.331 e. The predicted octanol–water partition coefficient (Wildman–Crippen LogP) is 4.47. The molecule has 0 spiro atoms. The number of hydrogen-bond acceptors (Lipinski definition) is 6. The van der Waals surface area contributed by atoms with Crippen molar-refractivity contribution < 1.29 is 9.63 Å². The number of aryl methyl sites for hydroxylation is 1. The molecule has 1 aliphatic heterocycles. The fraction of sp³-hybridized carbons (Fsp3) is 0.250. The number of hydrazone groups is 1. The summed E-state index contributed by atoms with van der Waals surface area (Å²) in [6.45, 7) is 5.37. The Bertz CT molecular complexity index is 819. The molecule has 0 amide bonds. The molecule has 0 saturated carbocycles. The fourth-order valence-electron chi connectivity index (χ4n) is 2.67. The second-order valence-electron chi connectivity index (χ2n) is 6.11. The van der Waals surface area contributed by atoms with Crippen LogP contribution in [0.3, 0.4) is 0 Å². The van der Waals surface area contributed by atoms with E-state index in [1.165, 1.54) is 12.5 Å². The molecule has 3 rings (SSSR count). The van der Waals surface area contributed by atoms with Gasteiger partial charge >= 0.3 is 5.97 Å². The molecule has 1 heterocycles. The molecule has 2 aromatic carbocycles. The van der Waals surface area contributed by atoms with Crippen LogP contribution in [0.4, 0.5) is 5.69 Å². The van der Waals surface area contributed by atoms with E-state index in [1.807, 2.05) is 42.3 Å². The highest BCUT2D eigenvalue weighted by Crippen LogP contribution is 2.38. The molecule has 2 atom stereocenters. The van der Waals surface area contributed by atoms with Crippen LogP contribution in [0.1, 0.15) is 19.4 Å². The quantitative estimate of drug-likeness (QED) is 0.444. The summed E-state index contributed by atoms with van der Waals surface area (Å²) in [5, 5.41) is 10.6. The molecule has 0 bridgehead atoms. The molecular formula is C20H21N3O2S. The summed E-state index contributed by atoms with van der Waals surface area (Å²) in [7, 11) is 0. The van der Waals surface area contributed by atoms with Gasteiger partial charge in [-0.1, -0.05) is 52.8 Å². The first kappa shape index (κ1) is 18.2. The monoisotopic (exact) mass is 367 g/mol. The van der Waals surface area contributed by atoms with Gasteiger partial charge < -0.3 is 4.84 Å². The molecular weight excluding hydrogens is 346 g/mol. The van der Waals surface area contributed by atoms with Crippen molar-refractivity contribution in [3.63, 3.8) is 0 Å². The number of para-hydroxylation sites is 1. The van der Waals surface area contributed by atoms with Gasteiger partial charge in [0.05, 0.1) is 17.8 Å². The molecule has 1 aliphatic rings. The van der Waals surface area contributed by atoms with Gasteiger partial charge in [-0.15, -0.1) is 0 Å². The lowest BCUT2D eigenvalue weighted by Gasteiger charge is -2.26. The van der Waals surface area contributed by atoms with Crippen LogP contribution in [0.2, 0.25) is 0 Å². The van der Waals surface area contributed by atoms with Crippen molar-refractivity contribution in [2.75, 3.05) is 5.01 Å². The number of carbonyl (C=O) groups excluding carboxylic acids is 1. The minimum Gasteiger partial charge on any atom is -0.319 e. The molecule has 2 aromatic rings. The van der Waals surface area contributed by atoms with Crippen LogP contribution in [0.15, 0.2) is 69.7 Å². The Morgan fingerprint density at radius 2 is 1.85 bits per heavy atom. The smallest absolute Gasteiger partial charge is 0.319 e. The fourth-order valence-corrected chi connectivity index (χ4v) is 3.92. The summed E-state index contributed by atoms with van der Waals surface area (Å²) in [4.78, 5) is 16.9. The van der Waals surface area contributed by atoms with Gasteiger partial charge in [-0.2, -0.15) is 5.10 Å². The maximum atomic E-state index is 11.0. The molecule has 0 fully saturated rings. The molecule has 6 heteroatoms. The molecule has 134 valence electrons. The lowest BCUT2D eigenvalue weighted by molar-refractivity contribution is -0.140. The van der Waals surface area contributed by atoms with Gasteiger partial charge in [0.2, 0.25) is 0 Å². The number of thioether (sulfide) groups is 1. The van der Waals surface area contributed by atoms with Gasteiger partial charge in [0.1, 0.15) is 5.37 Å². The molecule has 26 heavy (non-hydrogen) atoms. The Morgan fingerprint density at radius 3 is 2.50 bits per heavy atom. The molecule has 0 aromatic heterocycles. The van der Waals surface area contributed by atoms with Gasteiger partial charge in [-0.3, -0.25) is 5.01 Å². The first-order chi connectivity index (χ1) is 12.5. The van der Waals surface area contributed by atoms with Crippen molar-refractivity contribution in [2.24, 2.45) is 16.2 Å². The third-order valence-corrected chi connectivity index (χ3v) is 5.28. The third kappa shape index (κ3) is 4.32. The highest BCUT2D eigenvalue weighted by atomic mass is 32.2. The highest BCUT2D eigenvalue weighted by Gasteiger charge is 2.36. The number of oxime groups is 1. The Hall–Kier alpha value is -2.60. The highest BCUT2D eigenvalue weighted by molar-refractivity contribution is 8.00. The topological polar surface area (TPSA) is 54.3 Å². The zero-order chi connectivity index (χ0) is 18.5. The predicted molar refractivity (Wildman–Crippen MR) is 107 cm³/mol. The van der Waals surface area contributed by atoms with Crippen LogP contribution < -0.4 is 5.01 Å². The maximum absolute atomic E-state index is 11.0. The first-order valence-electron chi connectivity index (χ1n) is 8.38. The summed E-state index contributed by atoms with van der Waals surface area (Å²) < 4.78 is 0. The van der Waals surface area contributed by atoms with Crippen LogP contribution in [0, 0.1) is 12.8 Å². The van der Waals surface area contributed by atoms with E-state index in [2.05, 4.69) is 36.3 Å². The number of hydrogen-bond donors (Lipinski definition) is 0. The van der Waals surface area contributed by atoms with Gasteiger partial charge in [0.25, 0.3) is 0 Å². The van der Waals surface area contributed by atoms with Crippen LogP contribution >= 0.6 is 11.8 Å². The Kier molecular flexibility index (Phi) is 5.73. The summed E-state index contributed by atoms with van der Waals surface area (Å²) >= 11 is 1.71. The van der Waals surface area contributed by atoms with E-state index in [0.29, 0.717) is 0 Å². The lowest BCUT2D eigenvalue weighted by Crippen LogP contribution is -2.31. The van der Waals surface area contributed by atoms with E-state index in [-0.39, 0.29) is 11.3 Å². The number of nitrogens with zero attached hydrogens (tertiary/aromatic N) is 3. The largest absolute Gasteiger partial charge is 0.331 e. The summed E-state index contributed by atoms with van der Waals surface area (Å²) in [5.74, 6) is -0.502. The zero-order valence-electron chi connectivity index (χ0n) is 15.0. The van der Waals surface area contributed by atoms with Crippen molar-refractivity contribution in [3.8, 4) is 0 Å². The summed E-state index contributed by atoms with van der Waals surface area (Å²) in [5.41, 5.74) is 3.16. The van der Waals surface area contributed by atoms with Crippen LogP contribution in [0.25, 0.3) is 0 Å². The van der Waals surface area contributed by atoms with E-state index < -0.39 is 5.97 Å². The van der Waals surface area contributed by atoms with Gasteiger partial charge in [-0.25, -0.2) is 4.79 Å². The number of anilines is 1. The van der Waals surface area contributed by atoms with Crippen molar-refractivity contribution in [1.29, 1.82) is 0 Å². The van der Waals surface area contributed by atoms with E-state index in [4.69, 9.17) is 9.94 Å². The van der Waals surface area contributed by atoms with E-state index >= 15 is 0 Å². The molecule has 0 aliphatic carbocycles. The van der Waals surface area contributed by atoms with E-state index in [1.54, 1.807) is 18.0 Å². The molecule has 2 unspecified atom stereocenters. The first-order valence-corrected chi connectivity index (χ1v) is 9.26. The molecule has 0 N–H and O–H groups in total. The van der Waals surface area contributed by atoms with E-state index in [0.717, 1.165) is 16.3 Å². The van der Waals surface area contributed by atoms with Gasteiger partial charge in [0.15, 0.2) is 0 Å². The number of benzene rings is 2. The van der Waals surface area contributed by atoms with Crippen LogP contribution in [0.5, 0.6) is 0 Å². The average Bonchev–Trinajstić information content (AvgIpc) is 2.93.